The topological polar surface area (TPSA) is 55.1 Å². The molecule has 3 N–H and O–H groups in total. The Morgan fingerprint density at radius 2 is 2.27 bits per heavy atom. The van der Waals surface area contributed by atoms with Crippen LogP contribution in [-0.4, -0.2) is 12.3 Å². The number of hydrogen-bond donors (Lipinski definition) is 2. The number of anilines is 2. The first-order valence-corrected chi connectivity index (χ1v) is 4.90. The second-order valence-corrected chi connectivity index (χ2v) is 3.70. The molecular formula is C12H18N2O. The summed E-state index contributed by atoms with van der Waals surface area (Å²) in [7, 11) is 0. The van der Waals surface area contributed by atoms with Crippen LogP contribution in [-0.2, 0) is 11.2 Å². The van der Waals surface area contributed by atoms with Crippen LogP contribution in [0.5, 0.6) is 0 Å². The molecule has 3 heteroatoms. The average Bonchev–Trinajstić information content (AvgIpc) is 2.38. The number of carbonyl (C=O) groups excluding carboxylic acids is 1. The molecule has 0 bridgehead atoms. The Hall–Kier alpha value is -1.51. The van der Waals surface area contributed by atoms with Crippen LogP contribution in [0, 0.1) is 0 Å². The van der Waals surface area contributed by atoms with Gasteiger partial charge in [0.15, 0.2) is 0 Å². The van der Waals surface area contributed by atoms with Crippen LogP contribution < -0.4 is 11.1 Å². The van der Waals surface area contributed by atoms with Crippen molar-refractivity contribution in [3.8, 4) is 0 Å². The highest BCUT2D eigenvalue weighted by Gasteiger charge is 2.14. The van der Waals surface area contributed by atoms with Crippen LogP contribution in [0.1, 0.15) is 25.8 Å². The number of carbonyl (C=O) groups is 1. The highest BCUT2D eigenvalue weighted by molar-refractivity contribution is 5.68. The molecule has 0 aromatic heterocycles. The lowest BCUT2D eigenvalue weighted by Crippen LogP contribution is -2.19. The molecule has 0 saturated carbocycles. The van der Waals surface area contributed by atoms with Gasteiger partial charge in [0.05, 0.1) is 6.04 Å². The summed E-state index contributed by atoms with van der Waals surface area (Å²) in [4.78, 5) is 10.7. The van der Waals surface area contributed by atoms with E-state index in [4.69, 9.17) is 5.73 Å². The fourth-order valence-electron chi connectivity index (χ4n) is 1.83. The predicted molar refractivity (Wildman–Crippen MR) is 64.0 cm³/mol. The molecule has 0 amide bonds. The fourth-order valence-corrected chi connectivity index (χ4v) is 1.83. The van der Waals surface area contributed by atoms with Gasteiger partial charge in [0, 0.05) is 11.4 Å². The van der Waals surface area contributed by atoms with E-state index in [1.165, 1.54) is 5.56 Å². The zero-order chi connectivity index (χ0) is 9.97. The Labute approximate surface area is 90.7 Å². The van der Waals surface area contributed by atoms with Gasteiger partial charge in [-0.1, -0.05) is 13.5 Å². The highest BCUT2D eigenvalue weighted by atomic mass is 16.1. The van der Waals surface area contributed by atoms with Gasteiger partial charge >= 0.3 is 0 Å². The third kappa shape index (κ3) is 2.49. The minimum absolute atomic E-state index is 0. The number of nitrogens with one attached hydrogen (secondary N) is 1. The fraction of sp³-hybridized carbons (Fsp3) is 0.417. The molecule has 3 nitrogen and oxygen atoms in total. The third-order valence-corrected chi connectivity index (χ3v) is 2.60. The minimum Gasteiger partial charge on any atom is -0.399 e. The predicted octanol–water partition coefficient (Wildman–Crippen LogP) is 2.22. The van der Waals surface area contributed by atoms with Crippen molar-refractivity contribution in [1.82, 2.24) is 0 Å². The van der Waals surface area contributed by atoms with Crippen molar-refractivity contribution in [3.05, 3.63) is 23.8 Å². The molecular weight excluding hydrogens is 188 g/mol. The summed E-state index contributed by atoms with van der Waals surface area (Å²) in [5, 5.41) is 3.20. The molecule has 82 valence electrons. The lowest BCUT2D eigenvalue weighted by atomic mass is 10.1. The maximum Gasteiger partial charge on any atom is 0.142 e. The van der Waals surface area contributed by atoms with Crippen molar-refractivity contribution in [3.63, 3.8) is 0 Å². The maximum atomic E-state index is 10.7. The van der Waals surface area contributed by atoms with Gasteiger partial charge in [-0.2, -0.15) is 0 Å². The lowest BCUT2D eigenvalue weighted by Gasteiger charge is -2.12. The summed E-state index contributed by atoms with van der Waals surface area (Å²) < 4.78 is 0. The zero-order valence-corrected chi connectivity index (χ0v) is 7.99. The molecule has 1 aliphatic heterocycles. The van der Waals surface area contributed by atoms with Crippen LogP contribution in [0.3, 0.4) is 0 Å². The molecule has 1 heterocycles. The van der Waals surface area contributed by atoms with Gasteiger partial charge in [-0.15, -0.1) is 0 Å². The zero-order valence-electron chi connectivity index (χ0n) is 7.99. The Bertz CT molecular complexity index is 349. The van der Waals surface area contributed by atoms with Crippen molar-refractivity contribution >= 4 is 17.7 Å². The standard InChI is InChI=1S/C11H14N2O.CH4/c12-9-5-4-8-2-1-3-10(7-14)13-11(8)6-9;/h4-7,10,13H,1-3,12H2;1H4. The SMILES string of the molecule is C.Nc1ccc2c(c1)NC(C=O)CCC2. The smallest absolute Gasteiger partial charge is 0.142 e. The maximum absolute atomic E-state index is 10.7. The summed E-state index contributed by atoms with van der Waals surface area (Å²) >= 11 is 0. The van der Waals surface area contributed by atoms with E-state index in [9.17, 15) is 4.79 Å². The Kier molecular flexibility index (Phi) is 3.72. The van der Waals surface area contributed by atoms with Crippen molar-refractivity contribution in [2.45, 2.75) is 32.7 Å². The van der Waals surface area contributed by atoms with Gasteiger partial charge in [-0.05, 0) is 37.0 Å². The Balaban J connectivity index is 0.00000112. The quantitative estimate of drug-likeness (QED) is 0.547. The number of aldehydes is 1. The van der Waals surface area contributed by atoms with Crippen molar-refractivity contribution in [2.24, 2.45) is 0 Å². The van der Waals surface area contributed by atoms with E-state index < -0.39 is 0 Å². The summed E-state index contributed by atoms with van der Waals surface area (Å²) in [6.45, 7) is 0. The van der Waals surface area contributed by atoms with Gasteiger partial charge in [0.1, 0.15) is 6.29 Å². The van der Waals surface area contributed by atoms with Gasteiger partial charge in [0.2, 0.25) is 0 Å². The molecule has 2 rings (SSSR count). The van der Waals surface area contributed by atoms with Crippen LogP contribution in [0.2, 0.25) is 0 Å². The minimum atomic E-state index is -0.0574. The molecule has 0 radical (unpaired) electrons. The number of fused-ring (bicyclic) bond motifs is 1. The van der Waals surface area contributed by atoms with Crippen LogP contribution >= 0.6 is 0 Å². The molecule has 1 aromatic rings. The van der Waals surface area contributed by atoms with E-state index in [0.717, 1.165) is 36.9 Å². The lowest BCUT2D eigenvalue weighted by molar-refractivity contribution is -0.108. The molecule has 1 unspecified atom stereocenters. The summed E-state index contributed by atoms with van der Waals surface area (Å²) in [5.74, 6) is 0. The molecule has 0 fully saturated rings. The van der Waals surface area contributed by atoms with E-state index in [1.807, 2.05) is 18.2 Å². The summed E-state index contributed by atoms with van der Waals surface area (Å²) in [6.07, 6.45) is 3.94. The van der Waals surface area contributed by atoms with Gasteiger partial charge < -0.3 is 15.8 Å². The first kappa shape index (κ1) is 11.6. The van der Waals surface area contributed by atoms with Gasteiger partial charge in [-0.25, -0.2) is 0 Å². The van der Waals surface area contributed by atoms with Gasteiger partial charge in [-0.3, -0.25) is 0 Å². The number of rotatable bonds is 1. The molecule has 0 aliphatic carbocycles. The number of aryl methyl sites for hydroxylation is 1. The molecule has 1 aliphatic rings. The van der Waals surface area contributed by atoms with E-state index >= 15 is 0 Å². The van der Waals surface area contributed by atoms with E-state index in [1.54, 1.807) is 0 Å². The van der Waals surface area contributed by atoms with Crippen LogP contribution in [0.4, 0.5) is 11.4 Å². The Morgan fingerprint density at radius 1 is 1.47 bits per heavy atom. The highest BCUT2D eigenvalue weighted by Crippen LogP contribution is 2.25. The summed E-state index contributed by atoms with van der Waals surface area (Å²) in [5.41, 5.74) is 8.70. The monoisotopic (exact) mass is 206 g/mol. The number of benzene rings is 1. The van der Waals surface area contributed by atoms with Crippen molar-refractivity contribution in [2.75, 3.05) is 11.1 Å². The van der Waals surface area contributed by atoms with Gasteiger partial charge in [0.25, 0.3) is 0 Å². The molecule has 0 saturated heterocycles. The second-order valence-electron chi connectivity index (χ2n) is 3.70. The van der Waals surface area contributed by atoms with Crippen molar-refractivity contribution in [1.29, 1.82) is 0 Å². The van der Waals surface area contributed by atoms with Crippen LogP contribution in [0.25, 0.3) is 0 Å². The van der Waals surface area contributed by atoms with Crippen LogP contribution in [0.15, 0.2) is 18.2 Å². The third-order valence-electron chi connectivity index (χ3n) is 2.60. The molecule has 1 atom stereocenters. The van der Waals surface area contributed by atoms with Crippen molar-refractivity contribution < 1.29 is 4.79 Å². The van der Waals surface area contributed by atoms with E-state index in [0.29, 0.717) is 0 Å². The molecule has 0 spiro atoms. The number of nitrogens with two attached hydrogens (primary N) is 1. The number of hydrogen-bond acceptors (Lipinski definition) is 3. The summed E-state index contributed by atoms with van der Waals surface area (Å²) in [6, 6.07) is 5.78. The number of nitrogen functional groups attached to an aromatic ring is 1. The first-order valence-electron chi connectivity index (χ1n) is 4.90. The van der Waals surface area contributed by atoms with E-state index in [2.05, 4.69) is 5.32 Å². The second kappa shape index (κ2) is 4.82. The largest absolute Gasteiger partial charge is 0.399 e. The molecule has 15 heavy (non-hydrogen) atoms. The average molecular weight is 206 g/mol. The Morgan fingerprint density at radius 3 is 3.00 bits per heavy atom. The normalized spacial score (nSPS) is 19.1. The molecule has 1 aromatic carbocycles. The first-order chi connectivity index (χ1) is 6.79. The van der Waals surface area contributed by atoms with E-state index in [-0.39, 0.29) is 13.5 Å².